The average Bonchev–Trinajstić information content (AvgIpc) is 2.78. The number of piperidine rings is 1. The molecule has 13 heteroatoms. The molecule has 0 radical (unpaired) electrons. The van der Waals surface area contributed by atoms with Crippen molar-refractivity contribution in [3.8, 4) is 16.9 Å². The number of amides is 2. The fraction of sp³-hybridized carbons (Fsp3) is 0.391. The van der Waals surface area contributed by atoms with Crippen LogP contribution in [-0.4, -0.2) is 56.9 Å². The Bertz CT molecular complexity index is 1220. The number of alkyl halides is 3. The summed E-state index contributed by atoms with van der Waals surface area (Å²) in [6.45, 7) is 0.296. The SMILES string of the molecule is CS(=O)(=O)NCCC(=O)N1CCCCC1C(=O)Nc1ccc(-c2ccccc2OC(F)(F)F)c(Cl)c1. The van der Waals surface area contributed by atoms with E-state index in [0.717, 1.165) is 19.1 Å². The predicted molar refractivity (Wildman–Crippen MR) is 129 cm³/mol. The van der Waals surface area contributed by atoms with Gasteiger partial charge >= 0.3 is 6.36 Å². The molecular weight excluding hydrogens is 523 g/mol. The molecule has 1 aliphatic heterocycles. The summed E-state index contributed by atoms with van der Waals surface area (Å²) in [5.41, 5.74) is 0.714. The van der Waals surface area contributed by atoms with Gasteiger partial charge in [-0.2, -0.15) is 0 Å². The maximum Gasteiger partial charge on any atom is 0.573 e. The maximum absolute atomic E-state index is 13.0. The molecular formula is C23H25ClF3N3O5S. The minimum absolute atomic E-state index is 0.0703. The smallest absolute Gasteiger partial charge is 0.405 e. The molecule has 1 saturated heterocycles. The molecule has 1 heterocycles. The van der Waals surface area contributed by atoms with Gasteiger partial charge in [-0.05, 0) is 37.5 Å². The van der Waals surface area contributed by atoms with Gasteiger partial charge < -0.3 is 15.0 Å². The summed E-state index contributed by atoms with van der Waals surface area (Å²) < 4.78 is 67.1. The van der Waals surface area contributed by atoms with Crippen molar-refractivity contribution >= 4 is 39.1 Å². The second-order valence-corrected chi connectivity index (χ2v) is 10.5. The molecule has 0 aliphatic carbocycles. The number of sulfonamides is 1. The zero-order valence-corrected chi connectivity index (χ0v) is 20.8. The summed E-state index contributed by atoms with van der Waals surface area (Å²) in [5, 5.41) is 2.80. The van der Waals surface area contributed by atoms with Gasteiger partial charge in [0.25, 0.3) is 0 Å². The van der Waals surface area contributed by atoms with Crippen molar-refractivity contribution in [1.82, 2.24) is 9.62 Å². The van der Waals surface area contributed by atoms with E-state index in [4.69, 9.17) is 11.6 Å². The third-order valence-electron chi connectivity index (χ3n) is 5.47. The molecule has 0 aromatic heterocycles. The van der Waals surface area contributed by atoms with Gasteiger partial charge in [-0.3, -0.25) is 9.59 Å². The van der Waals surface area contributed by atoms with Gasteiger partial charge in [-0.1, -0.05) is 35.9 Å². The number of ether oxygens (including phenoxy) is 1. The third-order valence-corrected chi connectivity index (χ3v) is 6.51. The first kappa shape index (κ1) is 27.8. The maximum atomic E-state index is 13.0. The Labute approximate surface area is 211 Å². The first-order valence-corrected chi connectivity index (χ1v) is 13.3. The number of halogens is 4. The van der Waals surface area contributed by atoms with Crippen LogP contribution in [0.4, 0.5) is 18.9 Å². The number of benzene rings is 2. The molecule has 1 aliphatic rings. The minimum atomic E-state index is -4.87. The molecule has 1 unspecified atom stereocenters. The van der Waals surface area contributed by atoms with Gasteiger partial charge in [0.05, 0.1) is 11.3 Å². The summed E-state index contributed by atoms with van der Waals surface area (Å²) in [7, 11) is -3.44. The topological polar surface area (TPSA) is 105 Å². The quantitative estimate of drug-likeness (QED) is 0.516. The zero-order valence-electron chi connectivity index (χ0n) is 19.3. The van der Waals surface area contributed by atoms with Gasteiger partial charge in [-0.25, -0.2) is 13.1 Å². The van der Waals surface area contributed by atoms with Crippen LogP contribution in [0.15, 0.2) is 42.5 Å². The highest BCUT2D eigenvalue weighted by Crippen LogP contribution is 2.38. The molecule has 8 nitrogen and oxygen atoms in total. The van der Waals surface area contributed by atoms with E-state index in [0.29, 0.717) is 18.7 Å². The molecule has 3 rings (SSSR count). The summed E-state index contributed by atoms with van der Waals surface area (Å²) in [4.78, 5) is 27.1. The third kappa shape index (κ3) is 7.84. The number of carbonyl (C=O) groups is 2. The molecule has 1 fully saturated rings. The monoisotopic (exact) mass is 547 g/mol. The van der Waals surface area contributed by atoms with Crippen LogP contribution in [0.25, 0.3) is 11.1 Å². The lowest BCUT2D eigenvalue weighted by molar-refractivity contribution is -0.274. The highest BCUT2D eigenvalue weighted by molar-refractivity contribution is 7.88. The van der Waals surface area contributed by atoms with Gasteiger partial charge in [0.15, 0.2) is 0 Å². The molecule has 0 saturated carbocycles. The standard InChI is InChI=1S/C23H25ClF3N3O5S/c1-36(33,34)28-12-11-21(31)30-13-5-4-7-19(30)22(32)29-15-9-10-16(18(24)14-15)17-6-2-3-8-20(17)35-23(25,26)27/h2-3,6,8-10,14,19,28H,4-5,7,11-13H2,1H3,(H,29,32). The van der Waals surface area contributed by atoms with Crippen molar-refractivity contribution in [3.63, 3.8) is 0 Å². The average molecular weight is 548 g/mol. The van der Waals surface area contributed by atoms with E-state index < -0.39 is 34.1 Å². The Morgan fingerprint density at radius 2 is 1.86 bits per heavy atom. The number of anilines is 1. The van der Waals surface area contributed by atoms with E-state index >= 15 is 0 Å². The van der Waals surface area contributed by atoms with Crippen molar-refractivity contribution in [2.75, 3.05) is 24.7 Å². The Morgan fingerprint density at radius 3 is 2.53 bits per heavy atom. The molecule has 0 spiro atoms. The number of hydrogen-bond donors (Lipinski definition) is 2. The van der Waals surface area contributed by atoms with E-state index in [2.05, 4.69) is 14.8 Å². The Kier molecular flexibility index (Phi) is 8.85. The van der Waals surface area contributed by atoms with E-state index in [9.17, 15) is 31.2 Å². The van der Waals surface area contributed by atoms with Crippen LogP contribution in [0.1, 0.15) is 25.7 Å². The predicted octanol–water partition coefficient (Wildman–Crippen LogP) is 4.16. The van der Waals surface area contributed by atoms with E-state index in [1.165, 1.54) is 41.3 Å². The van der Waals surface area contributed by atoms with Gasteiger partial charge in [0.1, 0.15) is 11.8 Å². The molecule has 196 valence electrons. The number of likely N-dealkylation sites (tertiary alicyclic amines) is 1. The van der Waals surface area contributed by atoms with Crippen LogP contribution < -0.4 is 14.8 Å². The number of para-hydroxylation sites is 1. The number of rotatable bonds is 8. The van der Waals surface area contributed by atoms with Crippen LogP contribution in [0.3, 0.4) is 0 Å². The summed E-state index contributed by atoms with van der Waals surface area (Å²) in [5.74, 6) is -1.20. The summed E-state index contributed by atoms with van der Waals surface area (Å²) in [6.07, 6.45) is -2.08. The van der Waals surface area contributed by atoms with Crippen LogP contribution >= 0.6 is 11.6 Å². The van der Waals surface area contributed by atoms with Crippen LogP contribution in [-0.2, 0) is 19.6 Å². The minimum Gasteiger partial charge on any atom is -0.405 e. The van der Waals surface area contributed by atoms with Crippen LogP contribution in [0.5, 0.6) is 5.75 Å². The molecule has 2 N–H and O–H groups in total. The first-order valence-electron chi connectivity index (χ1n) is 11.0. The Hall–Kier alpha value is -2.83. The first-order chi connectivity index (χ1) is 16.8. The Balaban J connectivity index is 1.72. The number of hydrogen-bond acceptors (Lipinski definition) is 5. The van der Waals surface area contributed by atoms with Crippen molar-refractivity contribution in [2.45, 2.75) is 38.1 Å². The van der Waals surface area contributed by atoms with Crippen molar-refractivity contribution in [1.29, 1.82) is 0 Å². The summed E-state index contributed by atoms with van der Waals surface area (Å²) >= 11 is 6.34. The van der Waals surface area contributed by atoms with Crippen molar-refractivity contribution in [2.24, 2.45) is 0 Å². The van der Waals surface area contributed by atoms with Gasteiger partial charge in [0, 0.05) is 36.3 Å². The second kappa shape index (κ2) is 11.5. The largest absolute Gasteiger partial charge is 0.573 e. The zero-order chi connectivity index (χ0) is 26.5. The Morgan fingerprint density at radius 1 is 1.14 bits per heavy atom. The van der Waals surface area contributed by atoms with Gasteiger partial charge in [0.2, 0.25) is 21.8 Å². The fourth-order valence-electron chi connectivity index (χ4n) is 3.93. The lowest BCUT2D eigenvalue weighted by Gasteiger charge is -2.34. The van der Waals surface area contributed by atoms with E-state index in [-0.39, 0.29) is 35.0 Å². The van der Waals surface area contributed by atoms with E-state index in [1.54, 1.807) is 6.07 Å². The van der Waals surface area contributed by atoms with Crippen molar-refractivity contribution < 1.29 is 35.9 Å². The molecule has 2 amide bonds. The lowest BCUT2D eigenvalue weighted by atomic mass is 10.0. The highest BCUT2D eigenvalue weighted by Gasteiger charge is 2.33. The highest BCUT2D eigenvalue weighted by atomic mass is 35.5. The number of nitrogens with one attached hydrogen (secondary N) is 2. The molecule has 1 atom stereocenters. The lowest BCUT2D eigenvalue weighted by Crippen LogP contribution is -2.50. The molecule has 2 aromatic rings. The molecule has 2 aromatic carbocycles. The van der Waals surface area contributed by atoms with E-state index in [1.807, 2.05) is 0 Å². The summed E-state index contributed by atoms with van der Waals surface area (Å²) in [6, 6.07) is 9.19. The molecule has 0 bridgehead atoms. The van der Waals surface area contributed by atoms with Crippen molar-refractivity contribution in [3.05, 3.63) is 47.5 Å². The van der Waals surface area contributed by atoms with Crippen LogP contribution in [0, 0.1) is 0 Å². The number of nitrogens with zero attached hydrogens (tertiary/aromatic N) is 1. The fourth-order valence-corrected chi connectivity index (χ4v) is 4.68. The molecule has 36 heavy (non-hydrogen) atoms. The number of carbonyl (C=O) groups excluding carboxylic acids is 2. The van der Waals surface area contributed by atoms with Gasteiger partial charge in [-0.15, -0.1) is 13.2 Å². The second-order valence-electron chi connectivity index (χ2n) is 8.24. The normalized spacial score (nSPS) is 16.5. The van der Waals surface area contributed by atoms with Crippen LogP contribution in [0.2, 0.25) is 5.02 Å².